The Bertz CT molecular complexity index is 721. The van der Waals surface area contributed by atoms with Gasteiger partial charge in [-0.3, -0.25) is 4.79 Å². The molecule has 1 heterocycles. The summed E-state index contributed by atoms with van der Waals surface area (Å²) >= 11 is 0. The van der Waals surface area contributed by atoms with Gasteiger partial charge in [-0.15, -0.1) is 0 Å². The SMILES string of the molecule is CN(C)CCCNC(=O)c1cnc(Nc2cccc(C#N)c2)nc1. The number of nitriles is 1. The molecule has 0 spiro atoms. The molecule has 0 aliphatic rings. The summed E-state index contributed by atoms with van der Waals surface area (Å²) in [5, 5.41) is 14.7. The van der Waals surface area contributed by atoms with Gasteiger partial charge in [-0.1, -0.05) is 6.07 Å². The minimum atomic E-state index is -0.188. The van der Waals surface area contributed by atoms with Gasteiger partial charge in [0.05, 0.1) is 17.2 Å². The van der Waals surface area contributed by atoms with Crippen molar-refractivity contribution in [3.63, 3.8) is 0 Å². The summed E-state index contributed by atoms with van der Waals surface area (Å²) in [5.74, 6) is 0.182. The van der Waals surface area contributed by atoms with Gasteiger partial charge < -0.3 is 15.5 Å². The summed E-state index contributed by atoms with van der Waals surface area (Å²) in [7, 11) is 3.99. The Kier molecular flexibility index (Phi) is 6.23. The Morgan fingerprint density at radius 2 is 2.04 bits per heavy atom. The van der Waals surface area contributed by atoms with Crippen molar-refractivity contribution >= 4 is 17.5 Å². The highest BCUT2D eigenvalue weighted by atomic mass is 16.1. The van der Waals surface area contributed by atoms with Crippen molar-refractivity contribution in [3.8, 4) is 6.07 Å². The van der Waals surface area contributed by atoms with Crippen LogP contribution in [-0.4, -0.2) is 48.0 Å². The largest absolute Gasteiger partial charge is 0.352 e. The molecule has 1 aromatic heterocycles. The van der Waals surface area contributed by atoms with Crippen molar-refractivity contribution in [1.29, 1.82) is 5.26 Å². The highest BCUT2D eigenvalue weighted by Gasteiger charge is 2.07. The molecule has 0 fully saturated rings. The van der Waals surface area contributed by atoms with Crippen molar-refractivity contribution in [2.45, 2.75) is 6.42 Å². The Balaban J connectivity index is 1.90. The predicted octanol–water partition coefficient (Wildman–Crippen LogP) is 1.77. The second-order valence-corrected chi connectivity index (χ2v) is 5.53. The van der Waals surface area contributed by atoms with E-state index in [1.165, 1.54) is 12.4 Å². The third-order valence-electron chi connectivity index (χ3n) is 3.23. The average Bonchev–Trinajstić information content (AvgIpc) is 2.59. The molecule has 0 saturated heterocycles. The molecule has 7 nitrogen and oxygen atoms in total. The Morgan fingerprint density at radius 3 is 2.71 bits per heavy atom. The van der Waals surface area contributed by atoms with Crippen molar-refractivity contribution in [2.24, 2.45) is 0 Å². The first-order chi connectivity index (χ1) is 11.6. The average molecular weight is 324 g/mol. The summed E-state index contributed by atoms with van der Waals surface area (Å²) in [6.07, 6.45) is 3.84. The smallest absolute Gasteiger partial charge is 0.254 e. The van der Waals surface area contributed by atoms with Gasteiger partial charge in [-0.2, -0.15) is 5.26 Å². The third-order valence-corrected chi connectivity index (χ3v) is 3.23. The maximum atomic E-state index is 12.0. The third kappa shape index (κ3) is 5.34. The normalized spacial score (nSPS) is 10.2. The molecule has 0 saturated carbocycles. The van der Waals surface area contributed by atoms with E-state index in [1.807, 2.05) is 20.2 Å². The molecule has 1 aromatic carbocycles. The highest BCUT2D eigenvalue weighted by Crippen LogP contribution is 2.14. The Hall–Kier alpha value is -2.98. The fraction of sp³-hybridized carbons (Fsp3) is 0.294. The van der Waals surface area contributed by atoms with Gasteiger partial charge in [0.1, 0.15) is 0 Å². The van der Waals surface area contributed by atoms with E-state index in [9.17, 15) is 4.79 Å². The number of rotatable bonds is 7. The Labute approximate surface area is 141 Å². The second kappa shape index (κ2) is 8.60. The van der Waals surface area contributed by atoms with Crippen molar-refractivity contribution < 1.29 is 4.79 Å². The first-order valence-corrected chi connectivity index (χ1v) is 7.60. The number of carbonyl (C=O) groups is 1. The van der Waals surface area contributed by atoms with Crippen LogP contribution in [0.2, 0.25) is 0 Å². The molecule has 24 heavy (non-hydrogen) atoms. The molecule has 2 rings (SSSR count). The van der Waals surface area contributed by atoms with Crippen LogP contribution in [0.5, 0.6) is 0 Å². The van der Waals surface area contributed by atoms with Gasteiger partial charge in [0.15, 0.2) is 0 Å². The van der Waals surface area contributed by atoms with Gasteiger partial charge in [-0.05, 0) is 45.3 Å². The molecular weight excluding hydrogens is 304 g/mol. The second-order valence-electron chi connectivity index (χ2n) is 5.53. The minimum absolute atomic E-state index is 0.188. The van der Waals surface area contributed by atoms with Crippen LogP contribution in [0.25, 0.3) is 0 Å². The molecule has 2 aromatic rings. The first-order valence-electron chi connectivity index (χ1n) is 7.60. The first kappa shape index (κ1) is 17.4. The summed E-state index contributed by atoms with van der Waals surface area (Å²) in [6.45, 7) is 1.53. The maximum absolute atomic E-state index is 12.0. The van der Waals surface area contributed by atoms with Gasteiger partial charge in [0, 0.05) is 24.6 Å². The summed E-state index contributed by atoms with van der Waals surface area (Å²) in [5.41, 5.74) is 1.68. The highest BCUT2D eigenvalue weighted by molar-refractivity contribution is 5.93. The number of hydrogen-bond donors (Lipinski definition) is 2. The van der Waals surface area contributed by atoms with Gasteiger partial charge in [-0.25, -0.2) is 9.97 Å². The van der Waals surface area contributed by atoms with E-state index in [-0.39, 0.29) is 5.91 Å². The number of amides is 1. The number of nitrogens with zero attached hydrogens (tertiary/aromatic N) is 4. The number of aromatic nitrogens is 2. The molecule has 1 amide bonds. The van der Waals surface area contributed by atoms with Crippen LogP contribution in [0.3, 0.4) is 0 Å². The Morgan fingerprint density at radius 1 is 1.29 bits per heavy atom. The molecule has 0 bridgehead atoms. The van der Waals surface area contributed by atoms with Crippen molar-refractivity contribution in [2.75, 3.05) is 32.5 Å². The van der Waals surface area contributed by atoms with Crippen molar-refractivity contribution in [1.82, 2.24) is 20.2 Å². The molecule has 0 aliphatic heterocycles. The van der Waals surface area contributed by atoms with Crippen LogP contribution in [0.4, 0.5) is 11.6 Å². The van der Waals surface area contributed by atoms with E-state index in [4.69, 9.17) is 5.26 Å². The van der Waals surface area contributed by atoms with Crippen molar-refractivity contribution in [3.05, 3.63) is 47.8 Å². The molecule has 124 valence electrons. The summed E-state index contributed by atoms with van der Waals surface area (Å²) < 4.78 is 0. The molecule has 2 N–H and O–H groups in total. The number of anilines is 2. The minimum Gasteiger partial charge on any atom is -0.352 e. The van der Waals surface area contributed by atoms with Gasteiger partial charge >= 0.3 is 0 Å². The molecule has 7 heteroatoms. The van der Waals surface area contributed by atoms with Gasteiger partial charge in [0.2, 0.25) is 5.95 Å². The molecule has 0 unspecified atom stereocenters. The van der Waals surface area contributed by atoms with Crippen LogP contribution in [-0.2, 0) is 0 Å². The van der Waals surface area contributed by atoms with E-state index < -0.39 is 0 Å². The molecule has 0 atom stereocenters. The lowest BCUT2D eigenvalue weighted by Crippen LogP contribution is -2.27. The van der Waals surface area contributed by atoms with Crippen LogP contribution in [0.15, 0.2) is 36.7 Å². The van der Waals surface area contributed by atoms with Crippen LogP contribution >= 0.6 is 0 Å². The van der Waals surface area contributed by atoms with Crippen LogP contribution in [0, 0.1) is 11.3 Å². The molecule has 0 aliphatic carbocycles. The fourth-order valence-corrected chi connectivity index (χ4v) is 2.00. The summed E-state index contributed by atoms with van der Waals surface area (Å²) in [4.78, 5) is 22.3. The van der Waals surface area contributed by atoms with Crippen LogP contribution < -0.4 is 10.6 Å². The maximum Gasteiger partial charge on any atom is 0.254 e. The molecule has 0 radical (unpaired) electrons. The lowest BCUT2D eigenvalue weighted by Gasteiger charge is -2.10. The number of benzene rings is 1. The number of carbonyl (C=O) groups excluding carboxylic acids is 1. The molecular formula is C17H20N6O. The van der Waals surface area contributed by atoms with E-state index in [2.05, 4.69) is 31.6 Å². The zero-order valence-corrected chi connectivity index (χ0v) is 13.8. The monoisotopic (exact) mass is 324 g/mol. The van der Waals surface area contributed by atoms with E-state index >= 15 is 0 Å². The zero-order chi connectivity index (χ0) is 17.4. The zero-order valence-electron chi connectivity index (χ0n) is 13.8. The lowest BCUT2D eigenvalue weighted by molar-refractivity contribution is 0.0951. The number of nitrogens with one attached hydrogen (secondary N) is 2. The standard InChI is InChI=1S/C17H20N6O/c1-23(2)8-4-7-19-16(24)14-11-20-17(21-12-14)22-15-6-3-5-13(9-15)10-18/h3,5-6,9,11-12H,4,7-8H2,1-2H3,(H,19,24)(H,20,21,22). The predicted molar refractivity (Wildman–Crippen MR) is 92.0 cm³/mol. The van der Waals surface area contributed by atoms with E-state index in [0.29, 0.717) is 23.6 Å². The fourth-order valence-electron chi connectivity index (χ4n) is 2.00. The topological polar surface area (TPSA) is 93.9 Å². The van der Waals surface area contributed by atoms with Crippen LogP contribution in [0.1, 0.15) is 22.3 Å². The van der Waals surface area contributed by atoms with Gasteiger partial charge in [0.25, 0.3) is 5.91 Å². The lowest BCUT2D eigenvalue weighted by atomic mass is 10.2. The summed E-state index contributed by atoms with van der Waals surface area (Å²) in [6, 6.07) is 9.08. The quantitative estimate of drug-likeness (QED) is 0.754. The number of hydrogen-bond acceptors (Lipinski definition) is 6. The van der Waals surface area contributed by atoms with E-state index in [1.54, 1.807) is 18.2 Å². The van der Waals surface area contributed by atoms with E-state index in [0.717, 1.165) is 18.7 Å².